The molecule has 4 nitrogen and oxygen atoms in total. The minimum absolute atomic E-state index is 0.380. The smallest absolute Gasteiger partial charge is 0.0826 e. The van der Waals surface area contributed by atoms with Crippen LogP contribution in [0, 0.1) is 0 Å². The number of ether oxygens (including phenoxy) is 1. The summed E-state index contributed by atoms with van der Waals surface area (Å²) >= 11 is 0. The van der Waals surface area contributed by atoms with Crippen LogP contribution >= 0.6 is 0 Å². The van der Waals surface area contributed by atoms with Crippen molar-refractivity contribution in [1.82, 2.24) is 15.5 Å². The number of nitrogens with zero attached hydrogens (tertiary/aromatic N) is 1. The molecule has 2 fully saturated rings. The van der Waals surface area contributed by atoms with Gasteiger partial charge in [-0.05, 0) is 26.4 Å². The third-order valence-corrected chi connectivity index (χ3v) is 3.27. The van der Waals surface area contributed by atoms with Crippen molar-refractivity contribution in [2.45, 2.75) is 25.0 Å². The van der Waals surface area contributed by atoms with Crippen molar-refractivity contribution in [2.75, 3.05) is 46.4 Å². The molecule has 2 saturated heterocycles. The van der Waals surface area contributed by atoms with Gasteiger partial charge in [-0.3, -0.25) is 0 Å². The van der Waals surface area contributed by atoms with Gasteiger partial charge < -0.3 is 20.3 Å². The molecule has 0 aromatic carbocycles. The molecule has 15 heavy (non-hydrogen) atoms. The lowest BCUT2D eigenvalue weighted by molar-refractivity contribution is -0.0195. The van der Waals surface area contributed by atoms with Crippen molar-refractivity contribution < 1.29 is 4.74 Å². The van der Waals surface area contributed by atoms with E-state index in [-0.39, 0.29) is 0 Å². The van der Waals surface area contributed by atoms with E-state index in [0.29, 0.717) is 12.1 Å². The van der Waals surface area contributed by atoms with E-state index in [1.54, 1.807) is 0 Å². The molecule has 0 radical (unpaired) electrons. The highest BCUT2D eigenvalue weighted by Crippen LogP contribution is 2.04. The summed E-state index contributed by atoms with van der Waals surface area (Å²) in [6.45, 7) is 6.31. The van der Waals surface area contributed by atoms with Crippen LogP contribution in [0.15, 0.2) is 0 Å². The number of hydrogen-bond donors (Lipinski definition) is 2. The van der Waals surface area contributed by atoms with Crippen LogP contribution < -0.4 is 10.6 Å². The van der Waals surface area contributed by atoms with Gasteiger partial charge in [0.1, 0.15) is 0 Å². The van der Waals surface area contributed by atoms with Gasteiger partial charge in [-0.1, -0.05) is 0 Å². The maximum Gasteiger partial charge on any atom is 0.0826 e. The highest BCUT2D eigenvalue weighted by Gasteiger charge is 2.19. The molecule has 2 N–H and O–H groups in total. The Morgan fingerprint density at radius 3 is 3.20 bits per heavy atom. The van der Waals surface area contributed by atoms with Gasteiger partial charge >= 0.3 is 0 Å². The minimum Gasteiger partial charge on any atom is -0.374 e. The van der Waals surface area contributed by atoms with E-state index in [4.69, 9.17) is 4.74 Å². The second-order valence-electron chi connectivity index (χ2n) is 4.71. The standard InChI is InChI=1S/C11H23N3O/c1-14-5-6-15-11(9-14)8-13-10-3-2-4-12-7-10/h10-13H,2-9H2,1H3. The minimum atomic E-state index is 0.380. The molecule has 2 atom stereocenters. The quantitative estimate of drug-likeness (QED) is 0.672. The van der Waals surface area contributed by atoms with E-state index in [2.05, 4.69) is 22.6 Å². The molecular weight excluding hydrogens is 190 g/mol. The molecule has 0 aromatic rings. The molecule has 0 aliphatic carbocycles. The van der Waals surface area contributed by atoms with Crippen molar-refractivity contribution >= 4 is 0 Å². The van der Waals surface area contributed by atoms with Gasteiger partial charge in [0.15, 0.2) is 0 Å². The zero-order chi connectivity index (χ0) is 10.5. The van der Waals surface area contributed by atoms with Crippen LogP contribution in [0.3, 0.4) is 0 Å². The predicted molar refractivity (Wildman–Crippen MR) is 61.1 cm³/mol. The average molecular weight is 213 g/mol. The zero-order valence-corrected chi connectivity index (χ0v) is 9.67. The van der Waals surface area contributed by atoms with Gasteiger partial charge in [-0.15, -0.1) is 0 Å². The van der Waals surface area contributed by atoms with Gasteiger partial charge in [0, 0.05) is 32.2 Å². The molecule has 2 rings (SSSR count). The lowest BCUT2D eigenvalue weighted by Crippen LogP contribution is -2.50. The fourth-order valence-corrected chi connectivity index (χ4v) is 2.31. The first-order valence-corrected chi connectivity index (χ1v) is 6.09. The fraction of sp³-hybridized carbons (Fsp3) is 1.00. The summed E-state index contributed by atoms with van der Waals surface area (Å²) in [5.41, 5.74) is 0. The van der Waals surface area contributed by atoms with Crippen LogP contribution in [0.2, 0.25) is 0 Å². The van der Waals surface area contributed by atoms with Crippen LogP contribution in [0.25, 0.3) is 0 Å². The van der Waals surface area contributed by atoms with Crippen LogP contribution in [0.4, 0.5) is 0 Å². The molecule has 88 valence electrons. The van der Waals surface area contributed by atoms with Crippen LogP contribution in [0.1, 0.15) is 12.8 Å². The highest BCUT2D eigenvalue weighted by atomic mass is 16.5. The summed E-state index contributed by atoms with van der Waals surface area (Å²) < 4.78 is 5.71. The molecule has 0 aromatic heterocycles. The molecule has 4 heteroatoms. The molecule has 2 aliphatic rings. The van der Waals surface area contributed by atoms with Crippen molar-refractivity contribution in [3.05, 3.63) is 0 Å². The second kappa shape index (κ2) is 5.80. The van der Waals surface area contributed by atoms with Crippen LogP contribution in [-0.4, -0.2) is 63.4 Å². The maximum absolute atomic E-state index is 5.71. The molecule has 0 amide bonds. The highest BCUT2D eigenvalue weighted by molar-refractivity contribution is 4.78. The lowest BCUT2D eigenvalue weighted by Gasteiger charge is -2.32. The largest absolute Gasteiger partial charge is 0.374 e. The van der Waals surface area contributed by atoms with Crippen LogP contribution in [-0.2, 0) is 4.74 Å². The Morgan fingerprint density at radius 1 is 1.53 bits per heavy atom. The molecule has 2 unspecified atom stereocenters. The first-order chi connectivity index (χ1) is 7.34. The number of nitrogens with one attached hydrogen (secondary N) is 2. The third-order valence-electron chi connectivity index (χ3n) is 3.27. The summed E-state index contributed by atoms with van der Waals surface area (Å²) in [6.07, 6.45) is 2.98. The summed E-state index contributed by atoms with van der Waals surface area (Å²) in [6, 6.07) is 0.648. The Bertz CT molecular complexity index is 183. The number of rotatable bonds is 3. The van der Waals surface area contributed by atoms with Gasteiger partial charge in [0.2, 0.25) is 0 Å². The third kappa shape index (κ3) is 3.72. The van der Waals surface area contributed by atoms with Crippen LogP contribution in [0.5, 0.6) is 0 Å². The number of likely N-dealkylation sites (N-methyl/N-ethyl adjacent to an activating group) is 1. The van der Waals surface area contributed by atoms with Gasteiger partial charge in [-0.2, -0.15) is 0 Å². The number of piperidine rings is 1. The summed E-state index contributed by atoms with van der Waals surface area (Å²) in [5.74, 6) is 0. The second-order valence-corrected chi connectivity index (χ2v) is 4.71. The number of hydrogen-bond acceptors (Lipinski definition) is 4. The SMILES string of the molecule is CN1CCOC(CNC2CCCNC2)C1. The Morgan fingerprint density at radius 2 is 2.47 bits per heavy atom. The Balaban J connectivity index is 1.63. The van der Waals surface area contributed by atoms with Crippen molar-refractivity contribution in [2.24, 2.45) is 0 Å². The van der Waals surface area contributed by atoms with Crippen molar-refractivity contribution in [3.63, 3.8) is 0 Å². The molecule has 0 bridgehead atoms. The molecule has 0 saturated carbocycles. The van der Waals surface area contributed by atoms with E-state index in [0.717, 1.165) is 32.8 Å². The number of morpholine rings is 1. The van der Waals surface area contributed by atoms with Gasteiger partial charge in [-0.25, -0.2) is 0 Å². The van der Waals surface area contributed by atoms with Gasteiger partial charge in [0.05, 0.1) is 12.7 Å². The monoisotopic (exact) mass is 213 g/mol. The average Bonchev–Trinajstić information content (AvgIpc) is 2.28. The molecule has 0 spiro atoms. The Labute approximate surface area is 92.4 Å². The molecular formula is C11H23N3O. The van der Waals surface area contributed by atoms with Crippen molar-refractivity contribution in [1.29, 1.82) is 0 Å². The van der Waals surface area contributed by atoms with E-state index < -0.39 is 0 Å². The fourth-order valence-electron chi connectivity index (χ4n) is 2.31. The molecule has 2 aliphatic heterocycles. The lowest BCUT2D eigenvalue weighted by atomic mass is 10.1. The first kappa shape index (κ1) is 11.3. The topological polar surface area (TPSA) is 36.5 Å². The summed E-state index contributed by atoms with van der Waals surface area (Å²) in [5, 5.41) is 7.02. The van der Waals surface area contributed by atoms with E-state index in [1.807, 2.05) is 0 Å². The Hall–Kier alpha value is -0.160. The van der Waals surface area contributed by atoms with E-state index in [1.165, 1.54) is 19.4 Å². The maximum atomic E-state index is 5.71. The normalized spacial score (nSPS) is 34.2. The van der Waals surface area contributed by atoms with Gasteiger partial charge in [0.25, 0.3) is 0 Å². The predicted octanol–water partition coefficient (Wildman–Crippen LogP) is -0.341. The summed E-state index contributed by atoms with van der Waals surface area (Å²) in [4.78, 5) is 2.34. The van der Waals surface area contributed by atoms with E-state index in [9.17, 15) is 0 Å². The molecule has 2 heterocycles. The van der Waals surface area contributed by atoms with E-state index >= 15 is 0 Å². The Kier molecular flexibility index (Phi) is 4.38. The summed E-state index contributed by atoms with van der Waals surface area (Å²) in [7, 11) is 2.16. The first-order valence-electron chi connectivity index (χ1n) is 6.09. The van der Waals surface area contributed by atoms with Crippen molar-refractivity contribution in [3.8, 4) is 0 Å². The zero-order valence-electron chi connectivity index (χ0n) is 9.67.